The van der Waals surface area contributed by atoms with Crippen molar-refractivity contribution in [2.24, 2.45) is 5.92 Å². The maximum absolute atomic E-state index is 11.2. The van der Waals surface area contributed by atoms with E-state index in [2.05, 4.69) is 11.2 Å². The van der Waals surface area contributed by atoms with Crippen molar-refractivity contribution in [1.29, 1.82) is 0 Å². The summed E-state index contributed by atoms with van der Waals surface area (Å²) < 4.78 is 13.3. The molecule has 0 radical (unpaired) electrons. The molecule has 0 aromatic rings. The Hall–Kier alpha value is 0.110. The summed E-state index contributed by atoms with van der Waals surface area (Å²) in [7, 11) is -0.747. The maximum Gasteiger partial charge on any atom is 0.0910 e. The Morgan fingerprint density at radius 1 is 1.42 bits per heavy atom. The molecule has 0 aromatic carbocycles. The Morgan fingerprint density at radius 3 is 2.75 bits per heavy atom. The van der Waals surface area contributed by atoms with Gasteiger partial charge in [0.05, 0.1) is 11.0 Å². The van der Waals surface area contributed by atoms with Gasteiger partial charge in [0.25, 0.3) is 0 Å². The Labute approximate surface area is 77.9 Å². The van der Waals surface area contributed by atoms with E-state index in [9.17, 15) is 4.21 Å². The highest BCUT2D eigenvalue weighted by Crippen LogP contribution is 2.20. The molecule has 2 nitrogen and oxygen atoms in total. The van der Waals surface area contributed by atoms with Crippen molar-refractivity contribution >= 4 is 11.0 Å². The molecule has 0 aromatic heterocycles. The summed E-state index contributed by atoms with van der Waals surface area (Å²) >= 11 is 0. The number of rotatable bonds is 2. The van der Waals surface area contributed by atoms with E-state index in [1.165, 1.54) is 25.7 Å². The fourth-order valence-corrected chi connectivity index (χ4v) is 2.55. The molecule has 1 fully saturated rings. The lowest BCUT2D eigenvalue weighted by molar-refractivity contribution is 0.430. The molecular weight excluding hydrogens is 170 g/mol. The minimum Gasteiger partial charge on any atom is -0.243 e. The average molecular weight is 189 g/mol. The van der Waals surface area contributed by atoms with E-state index in [0.29, 0.717) is 0 Å². The van der Waals surface area contributed by atoms with Crippen LogP contribution in [0.3, 0.4) is 0 Å². The molecule has 1 rings (SSSR count). The fraction of sp³-hybridized carbons (Fsp3) is 1.00. The molecule has 1 heterocycles. The van der Waals surface area contributed by atoms with Crippen LogP contribution in [-0.4, -0.2) is 27.9 Å². The van der Waals surface area contributed by atoms with Gasteiger partial charge in [-0.2, -0.15) is 0 Å². The van der Waals surface area contributed by atoms with Crippen molar-refractivity contribution in [2.45, 2.75) is 32.6 Å². The number of hydrogen-bond acceptors (Lipinski definition) is 1. The van der Waals surface area contributed by atoms with Gasteiger partial charge < -0.3 is 0 Å². The highest BCUT2D eigenvalue weighted by atomic mass is 32.2. The summed E-state index contributed by atoms with van der Waals surface area (Å²) in [5, 5.41) is 0. The SMILES string of the molecule is CCC1CCCN(S(C)=O)CC1. The predicted octanol–water partition coefficient (Wildman–Crippen LogP) is 1.79. The van der Waals surface area contributed by atoms with Gasteiger partial charge in [0.2, 0.25) is 0 Å². The van der Waals surface area contributed by atoms with Crippen LogP contribution in [-0.2, 0) is 11.0 Å². The predicted molar refractivity (Wildman–Crippen MR) is 53.3 cm³/mol. The Bertz CT molecular complexity index is 161. The van der Waals surface area contributed by atoms with Gasteiger partial charge in [0, 0.05) is 19.3 Å². The second-order valence-corrected chi connectivity index (χ2v) is 4.92. The van der Waals surface area contributed by atoms with Crippen LogP contribution >= 0.6 is 0 Å². The average Bonchev–Trinajstić information content (AvgIpc) is 2.28. The molecule has 0 spiro atoms. The van der Waals surface area contributed by atoms with Gasteiger partial charge in [-0.1, -0.05) is 13.3 Å². The molecule has 0 N–H and O–H groups in total. The molecule has 3 heteroatoms. The molecule has 2 atom stereocenters. The van der Waals surface area contributed by atoms with Gasteiger partial charge in [0.1, 0.15) is 0 Å². The molecule has 2 unspecified atom stereocenters. The zero-order valence-corrected chi connectivity index (χ0v) is 8.90. The van der Waals surface area contributed by atoms with Crippen LogP contribution in [0, 0.1) is 5.92 Å². The van der Waals surface area contributed by atoms with Gasteiger partial charge >= 0.3 is 0 Å². The zero-order chi connectivity index (χ0) is 8.97. The lowest BCUT2D eigenvalue weighted by Crippen LogP contribution is -2.26. The topological polar surface area (TPSA) is 20.3 Å². The Morgan fingerprint density at radius 2 is 2.17 bits per heavy atom. The molecule has 1 aliphatic heterocycles. The fourth-order valence-electron chi connectivity index (χ4n) is 1.80. The quantitative estimate of drug-likeness (QED) is 0.648. The first-order valence-corrected chi connectivity index (χ1v) is 6.34. The monoisotopic (exact) mass is 189 g/mol. The third kappa shape index (κ3) is 2.87. The van der Waals surface area contributed by atoms with E-state index in [1.54, 1.807) is 6.26 Å². The lowest BCUT2D eigenvalue weighted by atomic mass is 9.98. The second-order valence-electron chi connectivity index (χ2n) is 3.56. The molecule has 1 saturated heterocycles. The smallest absolute Gasteiger partial charge is 0.0910 e. The van der Waals surface area contributed by atoms with E-state index in [4.69, 9.17) is 0 Å². The van der Waals surface area contributed by atoms with E-state index in [0.717, 1.165) is 19.0 Å². The summed E-state index contributed by atoms with van der Waals surface area (Å²) in [5.74, 6) is 0.874. The second kappa shape index (κ2) is 4.97. The van der Waals surface area contributed by atoms with Crippen LogP contribution in [0.5, 0.6) is 0 Å². The van der Waals surface area contributed by atoms with Gasteiger partial charge in [-0.05, 0) is 25.2 Å². The van der Waals surface area contributed by atoms with Gasteiger partial charge in [-0.15, -0.1) is 0 Å². The van der Waals surface area contributed by atoms with Gasteiger partial charge in [0.15, 0.2) is 0 Å². The molecule has 0 bridgehead atoms. The summed E-state index contributed by atoms with van der Waals surface area (Å²) in [5.41, 5.74) is 0. The first-order valence-electron chi connectivity index (χ1n) is 4.82. The summed E-state index contributed by atoms with van der Waals surface area (Å²) in [6.07, 6.45) is 6.84. The number of nitrogens with zero attached hydrogens (tertiary/aromatic N) is 1. The van der Waals surface area contributed by atoms with Crippen LogP contribution in [0.2, 0.25) is 0 Å². The first kappa shape index (κ1) is 10.2. The summed E-state index contributed by atoms with van der Waals surface area (Å²) in [4.78, 5) is 0. The molecule has 0 saturated carbocycles. The third-order valence-electron chi connectivity index (χ3n) is 2.75. The van der Waals surface area contributed by atoms with E-state index >= 15 is 0 Å². The van der Waals surface area contributed by atoms with Crippen molar-refractivity contribution in [1.82, 2.24) is 4.31 Å². The lowest BCUT2D eigenvalue weighted by Gasteiger charge is -2.15. The van der Waals surface area contributed by atoms with Crippen molar-refractivity contribution in [3.8, 4) is 0 Å². The van der Waals surface area contributed by atoms with Crippen molar-refractivity contribution in [2.75, 3.05) is 19.3 Å². The minimum atomic E-state index is -0.747. The van der Waals surface area contributed by atoms with Gasteiger partial charge in [-0.3, -0.25) is 0 Å². The summed E-state index contributed by atoms with van der Waals surface area (Å²) in [6, 6.07) is 0. The Kier molecular flexibility index (Phi) is 4.22. The standard InChI is InChI=1S/C9H19NOS/c1-3-9-5-4-7-10(8-6-9)12(2)11/h9H,3-8H2,1-2H3. The van der Waals surface area contributed by atoms with Crippen LogP contribution in [0.15, 0.2) is 0 Å². The van der Waals surface area contributed by atoms with Crippen LogP contribution in [0.1, 0.15) is 32.6 Å². The van der Waals surface area contributed by atoms with E-state index < -0.39 is 11.0 Å². The normalized spacial score (nSPS) is 29.7. The van der Waals surface area contributed by atoms with Crippen molar-refractivity contribution < 1.29 is 4.21 Å². The third-order valence-corrected chi connectivity index (χ3v) is 3.84. The highest BCUT2D eigenvalue weighted by Gasteiger charge is 2.16. The summed E-state index contributed by atoms with van der Waals surface area (Å²) in [6.45, 7) is 4.31. The van der Waals surface area contributed by atoms with Crippen molar-refractivity contribution in [3.05, 3.63) is 0 Å². The molecular formula is C9H19NOS. The van der Waals surface area contributed by atoms with E-state index in [1.807, 2.05) is 0 Å². The largest absolute Gasteiger partial charge is 0.243 e. The Balaban J connectivity index is 2.39. The maximum atomic E-state index is 11.2. The zero-order valence-electron chi connectivity index (χ0n) is 8.08. The molecule has 72 valence electrons. The van der Waals surface area contributed by atoms with Crippen LogP contribution in [0.25, 0.3) is 0 Å². The van der Waals surface area contributed by atoms with Crippen LogP contribution in [0.4, 0.5) is 0 Å². The van der Waals surface area contributed by atoms with Gasteiger partial charge in [-0.25, -0.2) is 8.51 Å². The number of hydrogen-bond donors (Lipinski definition) is 0. The van der Waals surface area contributed by atoms with Crippen molar-refractivity contribution in [3.63, 3.8) is 0 Å². The van der Waals surface area contributed by atoms with E-state index in [-0.39, 0.29) is 0 Å². The molecule has 0 aliphatic carbocycles. The minimum absolute atomic E-state index is 0.747. The highest BCUT2D eigenvalue weighted by molar-refractivity contribution is 7.81. The molecule has 12 heavy (non-hydrogen) atoms. The molecule has 1 aliphatic rings. The van der Waals surface area contributed by atoms with Crippen LogP contribution < -0.4 is 0 Å². The first-order chi connectivity index (χ1) is 5.74. The molecule has 0 amide bonds.